The lowest BCUT2D eigenvalue weighted by molar-refractivity contribution is 0.288. The second-order valence-electron chi connectivity index (χ2n) is 5.81. The van der Waals surface area contributed by atoms with Crippen LogP contribution in [0.15, 0.2) is 22.7 Å². The highest BCUT2D eigenvalue weighted by Crippen LogP contribution is 2.28. The Morgan fingerprint density at radius 3 is 2.50 bits per heavy atom. The summed E-state index contributed by atoms with van der Waals surface area (Å²) in [7, 11) is 1.72. The molecule has 3 heteroatoms. The standard InChI is InChI=1S/C17H28BrNO/c1-6-9-19-13(4)16(12(2)3)11-14-10-15(20-5)7-8-17(14)18/h7-8,10,12-13,16,19H,6,9,11H2,1-5H3. The second kappa shape index (κ2) is 8.68. The Morgan fingerprint density at radius 1 is 1.25 bits per heavy atom. The van der Waals surface area contributed by atoms with E-state index in [-0.39, 0.29) is 0 Å². The number of rotatable bonds is 8. The molecule has 1 N–H and O–H groups in total. The third-order valence-corrected chi connectivity index (χ3v) is 4.70. The van der Waals surface area contributed by atoms with Crippen LogP contribution in [0.5, 0.6) is 5.75 Å². The van der Waals surface area contributed by atoms with Gasteiger partial charge < -0.3 is 10.1 Å². The minimum Gasteiger partial charge on any atom is -0.497 e. The van der Waals surface area contributed by atoms with E-state index in [9.17, 15) is 0 Å². The molecule has 0 bridgehead atoms. The van der Waals surface area contributed by atoms with Gasteiger partial charge in [0.2, 0.25) is 0 Å². The molecule has 1 aromatic rings. The summed E-state index contributed by atoms with van der Waals surface area (Å²) in [5.74, 6) is 2.19. The number of halogens is 1. The van der Waals surface area contributed by atoms with Gasteiger partial charge in [0.05, 0.1) is 7.11 Å². The van der Waals surface area contributed by atoms with Crippen molar-refractivity contribution in [2.45, 2.75) is 46.6 Å². The molecule has 0 aromatic heterocycles. The Kier molecular flexibility index (Phi) is 7.60. The van der Waals surface area contributed by atoms with E-state index < -0.39 is 0 Å². The van der Waals surface area contributed by atoms with Gasteiger partial charge in [0.25, 0.3) is 0 Å². The van der Waals surface area contributed by atoms with E-state index in [1.54, 1.807) is 7.11 Å². The average Bonchev–Trinajstić information content (AvgIpc) is 2.43. The number of hydrogen-bond donors (Lipinski definition) is 1. The second-order valence-corrected chi connectivity index (χ2v) is 6.67. The van der Waals surface area contributed by atoms with E-state index in [2.05, 4.69) is 61.1 Å². The van der Waals surface area contributed by atoms with Gasteiger partial charge in [0, 0.05) is 10.5 Å². The minimum absolute atomic E-state index is 0.521. The van der Waals surface area contributed by atoms with Crippen LogP contribution in [0, 0.1) is 11.8 Å². The summed E-state index contributed by atoms with van der Waals surface area (Å²) < 4.78 is 6.51. The van der Waals surface area contributed by atoms with Crippen LogP contribution in [0.25, 0.3) is 0 Å². The molecule has 0 spiro atoms. The zero-order chi connectivity index (χ0) is 15.1. The number of nitrogens with one attached hydrogen (secondary N) is 1. The van der Waals surface area contributed by atoms with Crippen LogP contribution in [0.3, 0.4) is 0 Å². The molecule has 0 fully saturated rings. The molecule has 1 aromatic carbocycles. The van der Waals surface area contributed by atoms with Gasteiger partial charge in [0.1, 0.15) is 5.75 Å². The Balaban J connectivity index is 2.84. The van der Waals surface area contributed by atoms with Crippen molar-refractivity contribution in [1.82, 2.24) is 5.32 Å². The predicted molar refractivity (Wildman–Crippen MR) is 90.5 cm³/mol. The van der Waals surface area contributed by atoms with Crippen molar-refractivity contribution in [3.05, 3.63) is 28.2 Å². The molecule has 0 saturated heterocycles. The van der Waals surface area contributed by atoms with Crippen LogP contribution in [0.4, 0.5) is 0 Å². The van der Waals surface area contributed by atoms with Gasteiger partial charge in [-0.1, -0.05) is 36.7 Å². The summed E-state index contributed by atoms with van der Waals surface area (Å²) in [6.45, 7) is 10.2. The van der Waals surface area contributed by atoms with Crippen molar-refractivity contribution in [3.63, 3.8) is 0 Å². The predicted octanol–water partition coefficient (Wildman–Crippen LogP) is 4.66. The summed E-state index contributed by atoms with van der Waals surface area (Å²) >= 11 is 3.66. The lowest BCUT2D eigenvalue weighted by atomic mass is 9.84. The van der Waals surface area contributed by atoms with Crippen molar-refractivity contribution in [3.8, 4) is 5.75 Å². The van der Waals surface area contributed by atoms with Crippen molar-refractivity contribution < 1.29 is 4.74 Å². The van der Waals surface area contributed by atoms with Gasteiger partial charge in [-0.05, 0) is 61.9 Å². The molecule has 2 unspecified atom stereocenters. The first kappa shape index (κ1) is 17.5. The van der Waals surface area contributed by atoms with Gasteiger partial charge in [-0.25, -0.2) is 0 Å². The molecule has 0 aliphatic heterocycles. The monoisotopic (exact) mass is 341 g/mol. The van der Waals surface area contributed by atoms with Crippen molar-refractivity contribution in [2.24, 2.45) is 11.8 Å². The average molecular weight is 342 g/mol. The fourth-order valence-corrected chi connectivity index (χ4v) is 3.01. The smallest absolute Gasteiger partial charge is 0.119 e. The summed E-state index contributed by atoms with van der Waals surface area (Å²) in [5.41, 5.74) is 1.33. The number of benzene rings is 1. The maximum atomic E-state index is 5.34. The molecule has 0 saturated carbocycles. The van der Waals surface area contributed by atoms with Crippen molar-refractivity contribution in [2.75, 3.05) is 13.7 Å². The molecule has 0 amide bonds. The molecule has 0 aliphatic rings. The number of methoxy groups -OCH3 is 1. The van der Waals surface area contributed by atoms with E-state index in [1.807, 2.05) is 6.07 Å². The SMILES string of the molecule is CCCNC(C)C(Cc1cc(OC)ccc1Br)C(C)C. The fourth-order valence-electron chi connectivity index (χ4n) is 2.60. The maximum absolute atomic E-state index is 5.34. The van der Waals surface area contributed by atoms with E-state index in [0.29, 0.717) is 17.9 Å². The highest BCUT2D eigenvalue weighted by molar-refractivity contribution is 9.10. The molecular weight excluding hydrogens is 314 g/mol. The van der Waals surface area contributed by atoms with Crippen LogP contribution < -0.4 is 10.1 Å². The largest absolute Gasteiger partial charge is 0.497 e. The van der Waals surface area contributed by atoms with Crippen LogP contribution in [0.2, 0.25) is 0 Å². The molecular formula is C17H28BrNO. The van der Waals surface area contributed by atoms with Crippen LogP contribution in [-0.2, 0) is 6.42 Å². The lowest BCUT2D eigenvalue weighted by Gasteiger charge is -2.29. The molecule has 0 radical (unpaired) electrons. The lowest BCUT2D eigenvalue weighted by Crippen LogP contribution is -2.37. The van der Waals surface area contributed by atoms with Gasteiger partial charge in [-0.15, -0.1) is 0 Å². The van der Waals surface area contributed by atoms with Gasteiger partial charge >= 0.3 is 0 Å². The Morgan fingerprint density at radius 2 is 1.95 bits per heavy atom. The summed E-state index contributed by atoms with van der Waals surface area (Å²) in [5, 5.41) is 3.64. The molecule has 20 heavy (non-hydrogen) atoms. The Bertz CT molecular complexity index is 406. The van der Waals surface area contributed by atoms with E-state index in [4.69, 9.17) is 4.74 Å². The fraction of sp³-hybridized carbons (Fsp3) is 0.647. The van der Waals surface area contributed by atoms with Gasteiger partial charge in [0.15, 0.2) is 0 Å². The zero-order valence-electron chi connectivity index (χ0n) is 13.4. The molecule has 0 aliphatic carbocycles. The topological polar surface area (TPSA) is 21.3 Å². The van der Waals surface area contributed by atoms with Crippen LogP contribution in [-0.4, -0.2) is 19.7 Å². The molecule has 2 nitrogen and oxygen atoms in total. The quantitative estimate of drug-likeness (QED) is 0.742. The molecule has 1 rings (SSSR count). The number of hydrogen-bond acceptors (Lipinski definition) is 2. The first-order valence-electron chi connectivity index (χ1n) is 7.55. The Hall–Kier alpha value is -0.540. The Labute approximate surface area is 132 Å². The van der Waals surface area contributed by atoms with E-state index in [1.165, 1.54) is 16.5 Å². The summed E-state index contributed by atoms with van der Waals surface area (Å²) in [6, 6.07) is 6.74. The molecule has 114 valence electrons. The normalized spacial score (nSPS) is 14.3. The summed E-state index contributed by atoms with van der Waals surface area (Å²) in [6.07, 6.45) is 2.24. The van der Waals surface area contributed by atoms with Crippen LogP contribution >= 0.6 is 15.9 Å². The first-order chi connectivity index (χ1) is 9.49. The number of ether oxygens (including phenoxy) is 1. The zero-order valence-corrected chi connectivity index (χ0v) is 15.0. The van der Waals surface area contributed by atoms with Crippen LogP contribution in [0.1, 0.15) is 39.7 Å². The van der Waals surface area contributed by atoms with E-state index >= 15 is 0 Å². The first-order valence-corrected chi connectivity index (χ1v) is 8.34. The van der Waals surface area contributed by atoms with Crippen molar-refractivity contribution >= 4 is 15.9 Å². The minimum atomic E-state index is 0.521. The third kappa shape index (κ3) is 5.10. The highest BCUT2D eigenvalue weighted by atomic mass is 79.9. The van der Waals surface area contributed by atoms with Crippen molar-refractivity contribution in [1.29, 1.82) is 0 Å². The molecule has 0 heterocycles. The highest BCUT2D eigenvalue weighted by Gasteiger charge is 2.21. The van der Waals surface area contributed by atoms with Gasteiger partial charge in [-0.2, -0.15) is 0 Å². The summed E-state index contributed by atoms with van der Waals surface area (Å²) in [4.78, 5) is 0. The van der Waals surface area contributed by atoms with E-state index in [0.717, 1.165) is 18.7 Å². The third-order valence-electron chi connectivity index (χ3n) is 3.92. The van der Waals surface area contributed by atoms with Gasteiger partial charge in [-0.3, -0.25) is 0 Å². The molecule has 2 atom stereocenters. The maximum Gasteiger partial charge on any atom is 0.119 e.